The molecule has 1 atom stereocenters. The molecule has 1 saturated heterocycles. The van der Waals surface area contributed by atoms with Crippen LogP contribution in [0.2, 0.25) is 0 Å². The molecule has 1 aromatic rings. The van der Waals surface area contributed by atoms with Crippen LogP contribution in [0.15, 0.2) is 29.2 Å². The van der Waals surface area contributed by atoms with Crippen LogP contribution in [0, 0.1) is 0 Å². The van der Waals surface area contributed by atoms with Gasteiger partial charge in [-0.2, -0.15) is 0 Å². The lowest BCUT2D eigenvalue weighted by molar-refractivity contribution is 0.0921. The van der Waals surface area contributed by atoms with Gasteiger partial charge in [0.2, 0.25) is 20.0 Å². The Morgan fingerprint density at radius 2 is 1.92 bits per heavy atom. The normalized spacial score (nSPS) is 19.5. The van der Waals surface area contributed by atoms with E-state index in [1.807, 2.05) is 0 Å². The first-order valence-corrected chi connectivity index (χ1v) is 11.7. The minimum absolute atomic E-state index is 0.0141. The number of carbonyl (C=O) groups is 1. The maximum Gasteiger partial charge on any atom is 0.251 e. The molecule has 1 aliphatic rings. The van der Waals surface area contributed by atoms with Gasteiger partial charge in [0.15, 0.2) is 0 Å². The van der Waals surface area contributed by atoms with Crippen molar-refractivity contribution in [3.05, 3.63) is 29.8 Å². The molecular formula is C16H25N3O5S2. The van der Waals surface area contributed by atoms with E-state index in [2.05, 4.69) is 10.0 Å². The van der Waals surface area contributed by atoms with E-state index in [0.717, 1.165) is 6.26 Å². The fraction of sp³-hybridized carbons (Fsp3) is 0.562. The molecule has 0 spiro atoms. The van der Waals surface area contributed by atoms with Crippen LogP contribution in [0.3, 0.4) is 0 Å². The number of nitrogens with zero attached hydrogens (tertiary/aromatic N) is 1. The van der Waals surface area contributed by atoms with Gasteiger partial charge in [-0.15, -0.1) is 0 Å². The molecule has 1 amide bonds. The van der Waals surface area contributed by atoms with Gasteiger partial charge < -0.3 is 5.32 Å². The van der Waals surface area contributed by atoms with Gasteiger partial charge in [0.05, 0.1) is 11.2 Å². The molecule has 8 nitrogen and oxygen atoms in total. The van der Waals surface area contributed by atoms with Crippen LogP contribution < -0.4 is 10.0 Å². The summed E-state index contributed by atoms with van der Waals surface area (Å²) in [6.07, 6.45) is 2.47. The first-order chi connectivity index (χ1) is 12.0. The molecule has 1 heterocycles. The van der Waals surface area contributed by atoms with Crippen LogP contribution >= 0.6 is 0 Å². The molecule has 2 N–H and O–H groups in total. The fourth-order valence-electron chi connectivity index (χ4n) is 2.81. The Balaban J connectivity index is 2.12. The molecule has 0 unspecified atom stereocenters. The third kappa shape index (κ3) is 5.50. The van der Waals surface area contributed by atoms with Gasteiger partial charge in [-0.1, -0.05) is 6.07 Å². The minimum Gasteiger partial charge on any atom is -0.348 e. The van der Waals surface area contributed by atoms with Crippen molar-refractivity contribution in [2.24, 2.45) is 0 Å². The van der Waals surface area contributed by atoms with Gasteiger partial charge >= 0.3 is 0 Å². The van der Waals surface area contributed by atoms with E-state index in [0.29, 0.717) is 19.4 Å². The smallest absolute Gasteiger partial charge is 0.251 e. The van der Waals surface area contributed by atoms with Crippen molar-refractivity contribution in [2.45, 2.75) is 43.7 Å². The summed E-state index contributed by atoms with van der Waals surface area (Å²) in [6.45, 7) is 4.09. The highest BCUT2D eigenvalue weighted by Crippen LogP contribution is 2.15. The van der Waals surface area contributed by atoms with Crippen LogP contribution in [0.4, 0.5) is 0 Å². The van der Waals surface area contributed by atoms with Gasteiger partial charge in [-0.25, -0.2) is 25.9 Å². The maximum absolute atomic E-state index is 12.5. The standard InChI is InChI=1S/C16H25N3O5S2/c1-12(2)18-26(23,24)15-8-4-6-13(10-15)16(20)17-14-7-5-9-19(11-14)25(3,21)22/h4,6,8,10,12,14,18H,5,7,9,11H2,1-3H3,(H,17,20)/t14-/m0/s1. The minimum atomic E-state index is -3.69. The number of nitrogens with one attached hydrogen (secondary N) is 2. The van der Waals surface area contributed by atoms with E-state index in [9.17, 15) is 21.6 Å². The monoisotopic (exact) mass is 403 g/mol. The number of rotatable bonds is 6. The summed E-state index contributed by atoms with van der Waals surface area (Å²) in [7, 11) is -7.00. The second-order valence-corrected chi connectivity index (χ2v) is 10.4. The van der Waals surface area contributed by atoms with Crippen molar-refractivity contribution in [3.63, 3.8) is 0 Å². The Hall–Kier alpha value is -1.49. The highest BCUT2D eigenvalue weighted by Gasteiger charge is 2.27. The lowest BCUT2D eigenvalue weighted by atomic mass is 10.1. The molecule has 0 radical (unpaired) electrons. The Kier molecular flexibility index (Phi) is 6.43. The van der Waals surface area contributed by atoms with E-state index in [1.165, 1.54) is 28.6 Å². The topological polar surface area (TPSA) is 113 Å². The molecule has 1 fully saturated rings. The number of benzene rings is 1. The van der Waals surface area contributed by atoms with Crippen LogP contribution in [-0.2, 0) is 20.0 Å². The van der Waals surface area contributed by atoms with Crippen molar-refractivity contribution in [1.82, 2.24) is 14.3 Å². The fourth-order valence-corrected chi connectivity index (χ4v) is 5.02. The molecule has 146 valence electrons. The largest absolute Gasteiger partial charge is 0.348 e. The highest BCUT2D eigenvalue weighted by molar-refractivity contribution is 7.89. The van der Waals surface area contributed by atoms with E-state index >= 15 is 0 Å². The lowest BCUT2D eigenvalue weighted by Crippen LogP contribution is -2.49. The predicted molar refractivity (Wildman–Crippen MR) is 98.8 cm³/mol. The molecule has 0 bridgehead atoms. The van der Waals surface area contributed by atoms with Crippen LogP contribution in [0.25, 0.3) is 0 Å². The van der Waals surface area contributed by atoms with Gasteiger partial charge in [-0.3, -0.25) is 4.79 Å². The summed E-state index contributed by atoms with van der Waals surface area (Å²) in [4.78, 5) is 12.5. The van der Waals surface area contributed by atoms with E-state index in [4.69, 9.17) is 0 Å². The zero-order valence-corrected chi connectivity index (χ0v) is 16.7. The van der Waals surface area contributed by atoms with Gasteiger partial charge in [0.25, 0.3) is 5.91 Å². The van der Waals surface area contributed by atoms with Gasteiger partial charge in [0.1, 0.15) is 0 Å². The summed E-state index contributed by atoms with van der Waals surface area (Å²) < 4.78 is 51.6. The first kappa shape index (κ1) is 20.8. The molecule has 10 heteroatoms. The number of carbonyl (C=O) groups excluding carboxylic acids is 1. The summed E-state index contributed by atoms with van der Waals surface area (Å²) in [5.41, 5.74) is 0.216. The highest BCUT2D eigenvalue weighted by atomic mass is 32.2. The Labute approximate surface area is 155 Å². The average Bonchev–Trinajstić information content (AvgIpc) is 2.53. The van der Waals surface area contributed by atoms with Crippen molar-refractivity contribution < 1.29 is 21.6 Å². The van der Waals surface area contributed by atoms with E-state index in [-0.39, 0.29) is 29.1 Å². The number of hydrogen-bond acceptors (Lipinski definition) is 5. The van der Waals surface area contributed by atoms with Crippen molar-refractivity contribution in [2.75, 3.05) is 19.3 Å². The number of piperidine rings is 1. The maximum atomic E-state index is 12.5. The zero-order valence-electron chi connectivity index (χ0n) is 15.1. The van der Waals surface area contributed by atoms with Crippen LogP contribution in [0.5, 0.6) is 0 Å². The summed E-state index contributed by atoms with van der Waals surface area (Å²) >= 11 is 0. The van der Waals surface area contributed by atoms with Crippen molar-refractivity contribution >= 4 is 26.0 Å². The van der Waals surface area contributed by atoms with Crippen molar-refractivity contribution in [1.29, 1.82) is 0 Å². The molecule has 2 rings (SSSR count). The number of amides is 1. The lowest BCUT2D eigenvalue weighted by Gasteiger charge is -2.31. The Bertz CT molecular complexity index is 866. The molecule has 1 aromatic carbocycles. The third-order valence-corrected chi connectivity index (χ3v) is 6.91. The van der Waals surface area contributed by atoms with E-state index < -0.39 is 26.0 Å². The first-order valence-electron chi connectivity index (χ1n) is 8.37. The molecule has 0 aromatic heterocycles. The molecule has 26 heavy (non-hydrogen) atoms. The van der Waals surface area contributed by atoms with Gasteiger partial charge in [-0.05, 0) is 44.9 Å². The summed E-state index contributed by atoms with van der Waals surface area (Å²) in [5.74, 6) is -0.424. The van der Waals surface area contributed by atoms with Crippen LogP contribution in [0.1, 0.15) is 37.0 Å². The molecule has 0 saturated carbocycles. The second-order valence-electron chi connectivity index (χ2n) is 6.74. The number of sulfonamides is 2. The summed E-state index contributed by atoms with van der Waals surface area (Å²) in [6, 6.07) is 5.21. The van der Waals surface area contributed by atoms with Crippen molar-refractivity contribution in [3.8, 4) is 0 Å². The molecular weight excluding hydrogens is 378 g/mol. The zero-order chi connectivity index (χ0) is 19.5. The van der Waals surface area contributed by atoms with Crippen LogP contribution in [-0.4, -0.2) is 58.5 Å². The second kappa shape index (κ2) is 8.03. The molecule has 1 aliphatic heterocycles. The Morgan fingerprint density at radius 1 is 1.23 bits per heavy atom. The molecule has 0 aliphatic carbocycles. The quantitative estimate of drug-likeness (QED) is 0.719. The van der Waals surface area contributed by atoms with E-state index in [1.54, 1.807) is 13.8 Å². The average molecular weight is 404 g/mol. The Morgan fingerprint density at radius 3 is 2.54 bits per heavy atom. The summed E-state index contributed by atoms with van der Waals surface area (Å²) in [5, 5.41) is 2.80. The SMILES string of the molecule is CC(C)NS(=O)(=O)c1cccc(C(=O)N[C@H]2CCCN(S(C)(=O)=O)C2)c1. The van der Waals surface area contributed by atoms with Gasteiger partial charge in [0, 0.05) is 30.7 Å². The predicted octanol–water partition coefficient (Wildman–Crippen LogP) is 0.527. The number of hydrogen-bond donors (Lipinski definition) is 2. The third-order valence-electron chi connectivity index (χ3n) is 3.99.